The molecule has 1 aliphatic carbocycles. The predicted octanol–water partition coefficient (Wildman–Crippen LogP) is 4.44. The normalized spacial score (nSPS) is 23.4. The average molecular weight is 506 g/mol. The number of anilines is 2. The molecule has 2 aromatic carbocycles. The first-order valence-corrected chi connectivity index (χ1v) is 15.2. The van der Waals surface area contributed by atoms with E-state index >= 15 is 0 Å². The summed E-state index contributed by atoms with van der Waals surface area (Å²) in [7, 11) is -7.07. The van der Waals surface area contributed by atoms with Gasteiger partial charge in [0.1, 0.15) is 0 Å². The maximum absolute atomic E-state index is 13.8. The number of aryl methyl sites for hydroxylation is 1. The van der Waals surface area contributed by atoms with Crippen molar-refractivity contribution < 1.29 is 17.4 Å². The summed E-state index contributed by atoms with van der Waals surface area (Å²) in [6.07, 6.45) is 2.21. The second-order valence-electron chi connectivity index (χ2n) is 9.86. The smallest absolute Gasteiger partial charge is 0.264 e. The van der Waals surface area contributed by atoms with Crippen molar-refractivity contribution in [2.75, 3.05) is 42.2 Å². The summed E-state index contributed by atoms with van der Waals surface area (Å²) in [4.78, 5) is 0.272. The molecule has 7 nitrogen and oxygen atoms in total. The van der Waals surface area contributed by atoms with E-state index in [0.717, 1.165) is 25.2 Å². The van der Waals surface area contributed by atoms with Crippen molar-refractivity contribution in [2.24, 2.45) is 23.7 Å². The molecule has 0 amide bonds. The van der Waals surface area contributed by atoms with Crippen LogP contribution in [0.15, 0.2) is 52.3 Å². The van der Waals surface area contributed by atoms with Crippen molar-refractivity contribution in [1.82, 2.24) is 0 Å². The minimum absolute atomic E-state index is 0.0479. The van der Waals surface area contributed by atoms with E-state index in [2.05, 4.69) is 12.2 Å². The molecule has 0 radical (unpaired) electrons. The molecule has 2 N–H and O–H groups in total. The fourth-order valence-electron chi connectivity index (χ4n) is 4.72. The minimum Gasteiger partial charge on any atom is -0.384 e. The molecule has 1 unspecified atom stereocenters. The fraction of sp³-hybridized carbons (Fsp3) is 0.520. The third-order valence-corrected chi connectivity index (χ3v) is 9.75. The minimum atomic E-state index is -3.92. The van der Waals surface area contributed by atoms with Crippen LogP contribution in [0.2, 0.25) is 0 Å². The molecule has 34 heavy (non-hydrogen) atoms. The Bertz CT molecular complexity index is 1230. The number of hydrogen-bond acceptors (Lipinski definition) is 6. The lowest BCUT2D eigenvalue weighted by atomic mass is 10.1. The third kappa shape index (κ3) is 5.11. The lowest BCUT2D eigenvalue weighted by Gasteiger charge is -2.27. The van der Waals surface area contributed by atoms with E-state index in [9.17, 15) is 12.6 Å². The number of nitrogens with one attached hydrogen (secondary N) is 2. The third-order valence-electron chi connectivity index (χ3n) is 6.78. The van der Waals surface area contributed by atoms with Crippen LogP contribution in [0.25, 0.3) is 0 Å². The van der Waals surface area contributed by atoms with Gasteiger partial charge in [-0.15, -0.1) is 0 Å². The van der Waals surface area contributed by atoms with Gasteiger partial charge in [-0.25, -0.2) is 17.4 Å². The van der Waals surface area contributed by atoms with Gasteiger partial charge in [0.2, 0.25) is 0 Å². The number of ether oxygens (including phenoxy) is 1. The highest BCUT2D eigenvalue weighted by molar-refractivity contribution is 7.93. The molecule has 1 saturated heterocycles. The summed E-state index contributed by atoms with van der Waals surface area (Å²) in [6.45, 7) is 8.60. The van der Waals surface area contributed by atoms with Gasteiger partial charge in [-0.2, -0.15) is 0 Å². The first-order valence-electron chi connectivity index (χ1n) is 11.8. The van der Waals surface area contributed by atoms with Crippen molar-refractivity contribution in [1.29, 1.82) is 4.78 Å². The zero-order chi connectivity index (χ0) is 24.7. The van der Waals surface area contributed by atoms with Crippen LogP contribution in [-0.4, -0.2) is 45.2 Å². The van der Waals surface area contributed by atoms with E-state index in [1.165, 1.54) is 16.6 Å². The number of sulfonamides is 1. The quantitative estimate of drug-likeness (QED) is 0.497. The van der Waals surface area contributed by atoms with Gasteiger partial charge < -0.3 is 10.1 Å². The molecule has 2 fully saturated rings. The second-order valence-corrected chi connectivity index (χ2v) is 13.9. The molecule has 4 atom stereocenters. The van der Waals surface area contributed by atoms with Crippen molar-refractivity contribution in [3.8, 4) is 0 Å². The van der Waals surface area contributed by atoms with Crippen molar-refractivity contribution in [3.63, 3.8) is 0 Å². The fourth-order valence-corrected chi connectivity index (χ4v) is 7.36. The molecular weight excluding hydrogens is 470 g/mol. The molecule has 1 aliphatic heterocycles. The van der Waals surface area contributed by atoms with Gasteiger partial charge in [0.25, 0.3) is 10.0 Å². The zero-order valence-corrected chi connectivity index (χ0v) is 21.9. The SMILES string of the molecule is CCc1ccc(N(CC(C)C)S(=O)(=O)c2ccc(NC[C@@H]3[C@H]4COC[C@@H]34)c(S(C)(=N)=O)c2)cc1. The summed E-state index contributed by atoms with van der Waals surface area (Å²) < 4.78 is 55.4. The van der Waals surface area contributed by atoms with Gasteiger partial charge in [-0.3, -0.25) is 4.31 Å². The highest BCUT2D eigenvalue weighted by Crippen LogP contribution is 2.50. The summed E-state index contributed by atoms with van der Waals surface area (Å²) in [5.74, 6) is 1.76. The number of rotatable bonds is 10. The Morgan fingerprint density at radius 1 is 1.09 bits per heavy atom. The van der Waals surface area contributed by atoms with Crippen LogP contribution < -0.4 is 9.62 Å². The first kappa shape index (κ1) is 25.0. The van der Waals surface area contributed by atoms with Crippen molar-refractivity contribution >= 4 is 31.1 Å². The number of benzene rings is 2. The van der Waals surface area contributed by atoms with Gasteiger partial charge in [-0.1, -0.05) is 32.9 Å². The Kier molecular flexibility index (Phi) is 6.99. The molecule has 0 aromatic heterocycles. The Balaban J connectivity index is 1.65. The highest BCUT2D eigenvalue weighted by atomic mass is 32.2. The number of fused-ring (bicyclic) bond motifs is 1. The first-order chi connectivity index (χ1) is 16.0. The summed E-state index contributed by atoms with van der Waals surface area (Å²) in [5, 5.41) is 3.33. The molecule has 186 valence electrons. The van der Waals surface area contributed by atoms with E-state index in [0.29, 0.717) is 42.2 Å². The van der Waals surface area contributed by atoms with E-state index < -0.39 is 19.8 Å². The Hall–Kier alpha value is -2.10. The highest BCUT2D eigenvalue weighted by Gasteiger charge is 2.53. The number of hydrogen-bond donors (Lipinski definition) is 2. The lowest BCUT2D eigenvalue weighted by Crippen LogP contribution is -2.34. The van der Waals surface area contributed by atoms with Crippen molar-refractivity contribution in [3.05, 3.63) is 48.0 Å². The van der Waals surface area contributed by atoms with E-state index in [4.69, 9.17) is 9.52 Å². The Labute approximate surface area is 203 Å². The van der Waals surface area contributed by atoms with Gasteiger partial charge in [0.05, 0.1) is 44.1 Å². The van der Waals surface area contributed by atoms with Gasteiger partial charge in [-0.05, 0) is 66.0 Å². The summed E-state index contributed by atoms with van der Waals surface area (Å²) in [6, 6.07) is 12.2. The lowest BCUT2D eigenvalue weighted by molar-refractivity contribution is 0.153. The van der Waals surface area contributed by atoms with E-state index in [-0.39, 0.29) is 15.7 Å². The van der Waals surface area contributed by atoms with Crippen LogP contribution in [0, 0.1) is 28.5 Å². The second kappa shape index (κ2) is 9.51. The maximum Gasteiger partial charge on any atom is 0.264 e. The summed E-state index contributed by atoms with van der Waals surface area (Å²) >= 11 is 0. The molecule has 4 rings (SSSR count). The molecule has 2 aliphatic rings. The van der Waals surface area contributed by atoms with Crippen LogP contribution in [0.1, 0.15) is 26.3 Å². The monoisotopic (exact) mass is 505 g/mol. The van der Waals surface area contributed by atoms with Crippen LogP contribution in [-0.2, 0) is 30.9 Å². The standard InChI is InChI=1S/C25H35N3O4S2/c1-5-18-6-8-19(9-7-18)28(14-17(2)3)34(30,31)20-10-11-24(25(12-20)33(4,26)29)27-13-21-22-15-32-16-23(21)22/h6-12,17,21-23,26-27H,5,13-16H2,1-4H3/t21-,22-,23+,33?. The molecular formula is C25H35N3O4S2. The van der Waals surface area contributed by atoms with Crippen LogP contribution in [0.3, 0.4) is 0 Å². The molecule has 1 heterocycles. The topological polar surface area (TPSA) is 99.6 Å². The van der Waals surface area contributed by atoms with Crippen molar-refractivity contribution in [2.45, 2.75) is 37.0 Å². The Morgan fingerprint density at radius 2 is 1.74 bits per heavy atom. The van der Waals surface area contributed by atoms with Gasteiger partial charge in [0.15, 0.2) is 0 Å². The van der Waals surface area contributed by atoms with Crippen LogP contribution >= 0.6 is 0 Å². The molecule has 2 aromatic rings. The van der Waals surface area contributed by atoms with Gasteiger partial charge >= 0.3 is 0 Å². The zero-order valence-electron chi connectivity index (χ0n) is 20.3. The Morgan fingerprint density at radius 3 is 2.29 bits per heavy atom. The van der Waals surface area contributed by atoms with E-state index in [1.54, 1.807) is 12.1 Å². The largest absolute Gasteiger partial charge is 0.384 e. The average Bonchev–Trinajstić information content (AvgIpc) is 3.21. The molecule has 0 spiro atoms. The molecule has 1 saturated carbocycles. The summed E-state index contributed by atoms with van der Waals surface area (Å²) in [5.41, 5.74) is 2.30. The predicted molar refractivity (Wildman–Crippen MR) is 136 cm³/mol. The maximum atomic E-state index is 13.8. The van der Waals surface area contributed by atoms with Crippen LogP contribution in [0.4, 0.5) is 11.4 Å². The van der Waals surface area contributed by atoms with Gasteiger partial charge in [0, 0.05) is 19.3 Å². The van der Waals surface area contributed by atoms with Crippen LogP contribution in [0.5, 0.6) is 0 Å². The molecule has 0 bridgehead atoms. The van der Waals surface area contributed by atoms with E-state index in [1.807, 2.05) is 38.1 Å². The number of nitrogens with zero attached hydrogens (tertiary/aromatic N) is 1. The molecule has 9 heteroatoms.